The molecule has 0 saturated heterocycles. The van der Waals surface area contributed by atoms with Crippen molar-refractivity contribution in [3.05, 3.63) is 42.5 Å². The summed E-state index contributed by atoms with van der Waals surface area (Å²) in [6.45, 7) is 7.73. The molecule has 1 aromatic carbocycles. The number of halogens is 1. The highest BCUT2D eigenvalue weighted by Gasteiger charge is 2.03. The minimum Gasteiger partial charge on any atom is -0.494 e. The van der Waals surface area contributed by atoms with Gasteiger partial charge in [-0.3, -0.25) is 0 Å². The van der Waals surface area contributed by atoms with Crippen molar-refractivity contribution in [1.82, 2.24) is 25.4 Å². The van der Waals surface area contributed by atoms with Gasteiger partial charge in [-0.25, -0.2) is 4.99 Å². The number of hydrogen-bond donors (Lipinski definition) is 2. The second kappa shape index (κ2) is 12.5. The number of nitrogens with one attached hydrogen (secondary N) is 2. The topological polar surface area (TPSA) is 76.4 Å². The molecule has 0 unspecified atom stereocenters. The maximum absolute atomic E-state index is 5.68. The van der Waals surface area contributed by atoms with E-state index >= 15 is 0 Å². The van der Waals surface area contributed by atoms with Crippen molar-refractivity contribution in [2.24, 2.45) is 4.99 Å². The number of aliphatic imine (C=N–C) groups is 1. The zero-order valence-electron chi connectivity index (χ0n) is 14.8. The minimum absolute atomic E-state index is 0. The largest absolute Gasteiger partial charge is 0.494 e. The third kappa shape index (κ3) is 7.72. The number of aromatic nitrogens is 3. The van der Waals surface area contributed by atoms with E-state index < -0.39 is 0 Å². The number of guanidine groups is 1. The van der Waals surface area contributed by atoms with E-state index in [0.717, 1.165) is 43.6 Å². The molecule has 0 spiro atoms. The summed E-state index contributed by atoms with van der Waals surface area (Å²) in [6, 6.07) is 9.84. The van der Waals surface area contributed by atoms with Gasteiger partial charge in [0.25, 0.3) is 0 Å². The van der Waals surface area contributed by atoms with E-state index in [-0.39, 0.29) is 24.0 Å². The van der Waals surface area contributed by atoms with Crippen LogP contribution in [-0.4, -0.2) is 40.4 Å². The van der Waals surface area contributed by atoms with Crippen molar-refractivity contribution in [2.45, 2.75) is 33.4 Å². The van der Waals surface area contributed by atoms with Gasteiger partial charge < -0.3 is 19.9 Å². The molecule has 0 saturated carbocycles. The molecule has 7 nitrogen and oxygen atoms in total. The molecule has 0 aliphatic carbocycles. The Hall–Kier alpha value is -1.84. The zero-order chi connectivity index (χ0) is 17.0. The van der Waals surface area contributed by atoms with E-state index in [1.807, 2.05) is 41.8 Å². The van der Waals surface area contributed by atoms with E-state index in [1.165, 1.54) is 0 Å². The summed E-state index contributed by atoms with van der Waals surface area (Å²) in [4.78, 5) is 4.55. The number of hydrogen-bond acceptors (Lipinski definition) is 4. The summed E-state index contributed by atoms with van der Waals surface area (Å²) >= 11 is 0. The van der Waals surface area contributed by atoms with Crippen LogP contribution >= 0.6 is 24.0 Å². The van der Waals surface area contributed by atoms with Gasteiger partial charge >= 0.3 is 0 Å². The normalized spacial score (nSPS) is 10.9. The molecule has 8 heteroatoms. The third-order valence-corrected chi connectivity index (χ3v) is 3.38. The number of aryl methyl sites for hydroxylation is 1. The summed E-state index contributed by atoms with van der Waals surface area (Å²) in [5.41, 5.74) is 0. The fourth-order valence-electron chi connectivity index (χ4n) is 2.14. The van der Waals surface area contributed by atoms with E-state index in [4.69, 9.17) is 4.74 Å². The van der Waals surface area contributed by atoms with Gasteiger partial charge in [-0.2, -0.15) is 0 Å². The summed E-state index contributed by atoms with van der Waals surface area (Å²) in [5.74, 6) is 2.54. The Labute approximate surface area is 166 Å². The van der Waals surface area contributed by atoms with Gasteiger partial charge in [-0.05, 0) is 32.4 Å². The first-order valence-electron chi connectivity index (χ1n) is 8.40. The van der Waals surface area contributed by atoms with Crippen molar-refractivity contribution in [3.63, 3.8) is 0 Å². The molecule has 2 rings (SSSR count). The number of nitrogens with zero attached hydrogens (tertiary/aromatic N) is 4. The molecule has 0 bridgehead atoms. The Morgan fingerprint density at radius 2 is 2.00 bits per heavy atom. The van der Waals surface area contributed by atoms with Crippen LogP contribution in [-0.2, 0) is 13.1 Å². The van der Waals surface area contributed by atoms with E-state index in [9.17, 15) is 0 Å². The van der Waals surface area contributed by atoms with Crippen LogP contribution in [0.2, 0.25) is 0 Å². The highest BCUT2D eigenvalue weighted by molar-refractivity contribution is 14.0. The summed E-state index contributed by atoms with van der Waals surface area (Å²) in [5, 5.41) is 14.6. The fraction of sp³-hybridized carbons (Fsp3) is 0.471. The lowest BCUT2D eigenvalue weighted by atomic mass is 10.3. The van der Waals surface area contributed by atoms with Crippen LogP contribution in [0.4, 0.5) is 0 Å². The average molecular weight is 458 g/mol. The molecule has 25 heavy (non-hydrogen) atoms. The Balaban J connectivity index is 0.00000312. The molecule has 0 aliphatic heterocycles. The van der Waals surface area contributed by atoms with Gasteiger partial charge in [0.05, 0.1) is 6.61 Å². The van der Waals surface area contributed by atoms with Gasteiger partial charge in [0, 0.05) is 19.6 Å². The lowest BCUT2D eigenvalue weighted by molar-refractivity contribution is 0.311. The highest BCUT2D eigenvalue weighted by atomic mass is 127. The second-order valence-corrected chi connectivity index (χ2v) is 5.17. The van der Waals surface area contributed by atoms with Crippen molar-refractivity contribution in [1.29, 1.82) is 0 Å². The van der Waals surface area contributed by atoms with Crippen LogP contribution in [0.1, 0.15) is 26.1 Å². The molecule has 1 heterocycles. The molecule has 0 radical (unpaired) electrons. The number of ether oxygens (including phenoxy) is 1. The van der Waals surface area contributed by atoms with Crippen LogP contribution in [0.3, 0.4) is 0 Å². The van der Waals surface area contributed by atoms with Crippen molar-refractivity contribution >= 4 is 29.9 Å². The predicted molar refractivity (Wildman–Crippen MR) is 110 cm³/mol. The SMILES string of the molecule is CCNC(=NCc1nncn1CC)NCCCOc1ccccc1.I. The lowest BCUT2D eigenvalue weighted by Crippen LogP contribution is -2.38. The molecular weight excluding hydrogens is 431 g/mol. The minimum atomic E-state index is 0. The first-order chi connectivity index (χ1) is 11.8. The first kappa shape index (κ1) is 21.2. The molecule has 138 valence electrons. The van der Waals surface area contributed by atoms with Gasteiger partial charge in [0.2, 0.25) is 0 Å². The summed E-state index contributed by atoms with van der Waals surface area (Å²) in [7, 11) is 0. The quantitative estimate of drug-likeness (QED) is 0.261. The summed E-state index contributed by atoms with van der Waals surface area (Å²) in [6.07, 6.45) is 2.62. The smallest absolute Gasteiger partial charge is 0.191 e. The average Bonchev–Trinajstić information content (AvgIpc) is 3.07. The van der Waals surface area contributed by atoms with Crippen LogP contribution in [0.25, 0.3) is 0 Å². The van der Waals surface area contributed by atoms with Gasteiger partial charge in [-0.15, -0.1) is 34.2 Å². The Morgan fingerprint density at radius 1 is 1.20 bits per heavy atom. The molecule has 0 amide bonds. The number of rotatable bonds is 9. The van der Waals surface area contributed by atoms with E-state index in [1.54, 1.807) is 6.33 Å². The van der Waals surface area contributed by atoms with Gasteiger partial charge in [-0.1, -0.05) is 18.2 Å². The van der Waals surface area contributed by atoms with Crippen LogP contribution in [0, 0.1) is 0 Å². The number of para-hydroxylation sites is 1. The predicted octanol–water partition coefficient (Wildman–Crippen LogP) is 2.44. The Bertz CT molecular complexity index is 617. The fourth-order valence-corrected chi connectivity index (χ4v) is 2.14. The third-order valence-electron chi connectivity index (χ3n) is 3.38. The molecule has 0 aliphatic rings. The van der Waals surface area contributed by atoms with E-state index in [2.05, 4.69) is 32.7 Å². The Kier molecular flexibility index (Phi) is 10.6. The molecular formula is C17H27IN6O. The summed E-state index contributed by atoms with van der Waals surface area (Å²) < 4.78 is 7.66. The second-order valence-electron chi connectivity index (χ2n) is 5.17. The van der Waals surface area contributed by atoms with Crippen molar-refractivity contribution < 1.29 is 4.74 Å². The zero-order valence-corrected chi connectivity index (χ0v) is 17.1. The maximum Gasteiger partial charge on any atom is 0.191 e. The molecule has 2 aromatic rings. The van der Waals surface area contributed by atoms with E-state index in [0.29, 0.717) is 13.2 Å². The highest BCUT2D eigenvalue weighted by Crippen LogP contribution is 2.08. The molecule has 0 fully saturated rings. The number of benzene rings is 1. The maximum atomic E-state index is 5.68. The monoisotopic (exact) mass is 458 g/mol. The van der Waals surface area contributed by atoms with Crippen LogP contribution < -0.4 is 15.4 Å². The van der Waals surface area contributed by atoms with Crippen LogP contribution in [0.5, 0.6) is 5.75 Å². The standard InChI is InChI=1S/C17H26N6O.HI/c1-3-18-17(20-13-16-22-21-14-23(16)4-2)19-11-8-12-24-15-9-6-5-7-10-15;/h5-7,9-10,14H,3-4,8,11-13H2,1-2H3,(H2,18,19,20);1H. The van der Waals surface area contributed by atoms with Gasteiger partial charge in [0.15, 0.2) is 11.8 Å². The van der Waals surface area contributed by atoms with Crippen molar-refractivity contribution in [2.75, 3.05) is 19.7 Å². The molecule has 1 aromatic heterocycles. The Morgan fingerprint density at radius 3 is 2.72 bits per heavy atom. The molecule has 0 atom stereocenters. The molecule has 2 N–H and O–H groups in total. The lowest BCUT2D eigenvalue weighted by Gasteiger charge is -2.11. The van der Waals surface area contributed by atoms with Crippen LogP contribution in [0.15, 0.2) is 41.7 Å². The first-order valence-corrected chi connectivity index (χ1v) is 8.40. The van der Waals surface area contributed by atoms with Crippen molar-refractivity contribution in [3.8, 4) is 5.75 Å². The van der Waals surface area contributed by atoms with Gasteiger partial charge in [0.1, 0.15) is 18.6 Å².